The molecule has 2 aromatic rings. The minimum Gasteiger partial charge on any atom is -0.535 e. The van der Waals surface area contributed by atoms with Gasteiger partial charge in [0.25, 0.3) is 0 Å². The molecule has 0 spiro atoms. The van der Waals surface area contributed by atoms with Crippen LogP contribution in [-0.2, 0) is 17.8 Å². The SMILES string of the molecule is Nc1nc(/C(=N/O)C(=O)C[C@H]2Cc3ccc(CN4CCCC4)c(C(=O)O)c3OB2O)cs1. The summed E-state index contributed by atoms with van der Waals surface area (Å²) in [5.74, 6) is -2.14. The van der Waals surface area contributed by atoms with Crippen LogP contribution < -0.4 is 10.4 Å². The third kappa shape index (κ3) is 4.47. The van der Waals surface area contributed by atoms with E-state index in [1.54, 1.807) is 12.1 Å². The molecular formula is C20H23BN4O6S. The first kappa shape index (κ1) is 22.2. The van der Waals surface area contributed by atoms with E-state index >= 15 is 0 Å². The number of carbonyl (C=O) groups excluding carboxylic acids is 1. The Labute approximate surface area is 188 Å². The fourth-order valence-electron chi connectivity index (χ4n) is 4.26. The number of nitrogens with zero attached hydrogens (tertiary/aromatic N) is 3. The molecule has 0 aliphatic carbocycles. The van der Waals surface area contributed by atoms with Crippen LogP contribution in [-0.4, -0.2) is 62.9 Å². The van der Waals surface area contributed by atoms with Crippen molar-refractivity contribution in [3.63, 3.8) is 0 Å². The molecule has 0 saturated carbocycles. The van der Waals surface area contributed by atoms with Crippen molar-refractivity contribution in [2.75, 3.05) is 18.8 Å². The molecule has 3 heterocycles. The minimum atomic E-state index is -1.38. The van der Waals surface area contributed by atoms with Gasteiger partial charge >= 0.3 is 13.1 Å². The zero-order valence-corrected chi connectivity index (χ0v) is 18.0. The molecular weight excluding hydrogens is 435 g/mol. The number of benzene rings is 1. The van der Waals surface area contributed by atoms with Gasteiger partial charge in [0.2, 0.25) is 0 Å². The van der Waals surface area contributed by atoms with Crippen LogP contribution in [0.25, 0.3) is 0 Å². The lowest BCUT2D eigenvalue weighted by Crippen LogP contribution is -2.37. The van der Waals surface area contributed by atoms with Crippen molar-refractivity contribution in [3.8, 4) is 5.75 Å². The summed E-state index contributed by atoms with van der Waals surface area (Å²) in [7, 11) is -1.38. The maximum atomic E-state index is 12.7. The highest BCUT2D eigenvalue weighted by atomic mass is 32.1. The van der Waals surface area contributed by atoms with E-state index in [1.165, 1.54) is 5.38 Å². The molecule has 2 aliphatic heterocycles. The monoisotopic (exact) mass is 458 g/mol. The van der Waals surface area contributed by atoms with Gasteiger partial charge in [0.05, 0.1) is 0 Å². The van der Waals surface area contributed by atoms with Crippen LogP contribution in [0.3, 0.4) is 0 Å². The number of ketones is 1. The average Bonchev–Trinajstić information content (AvgIpc) is 3.41. The van der Waals surface area contributed by atoms with Gasteiger partial charge in [0.15, 0.2) is 16.6 Å². The summed E-state index contributed by atoms with van der Waals surface area (Å²) in [6.45, 7) is 2.34. The van der Waals surface area contributed by atoms with Crippen molar-refractivity contribution in [2.45, 2.75) is 38.0 Å². The Morgan fingerprint density at radius 2 is 2.09 bits per heavy atom. The number of thiazole rings is 1. The van der Waals surface area contributed by atoms with Crippen molar-refractivity contribution >= 4 is 41.1 Å². The van der Waals surface area contributed by atoms with Gasteiger partial charge in [-0.3, -0.25) is 9.69 Å². The summed E-state index contributed by atoms with van der Waals surface area (Å²) < 4.78 is 5.63. The first-order valence-corrected chi connectivity index (χ1v) is 11.2. The van der Waals surface area contributed by atoms with E-state index in [0.717, 1.165) is 37.3 Å². The molecule has 0 amide bonds. The normalized spacial score (nSPS) is 19.0. The van der Waals surface area contributed by atoms with E-state index in [9.17, 15) is 24.9 Å². The van der Waals surface area contributed by atoms with Crippen molar-refractivity contribution in [2.24, 2.45) is 5.16 Å². The quantitative estimate of drug-likeness (QED) is 0.209. The van der Waals surface area contributed by atoms with Gasteiger partial charge in [-0.15, -0.1) is 11.3 Å². The highest BCUT2D eigenvalue weighted by molar-refractivity contribution is 7.13. The van der Waals surface area contributed by atoms with Gasteiger partial charge < -0.3 is 25.7 Å². The molecule has 12 heteroatoms. The van der Waals surface area contributed by atoms with Crippen molar-refractivity contribution in [3.05, 3.63) is 39.9 Å². The highest BCUT2D eigenvalue weighted by Gasteiger charge is 2.39. The van der Waals surface area contributed by atoms with Gasteiger partial charge in [-0.25, -0.2) is 9.78 Å². The number of rotatable bonds is 7. The number of aromatic nitrogens is 1. The Hall–Kier alpha value is -2.96. The molecule has 1 atom stereocenters. The highest BCUT2D eigenvalue weighted by Crippen LogP contribution is 2.38. The molecule has 0 bridgehead atoms. The Balaban J connectivity index is 1.54. The molecule has 0 unspecified atom stereocenters. The van der Waals surface area contributed by atoms with E-state index in [2.05, 4.69) is 15.0 Å². The van der Waals surface area contributed by atoms with E-state index in [1.807, 2.05) is 0 Å². The van der Waals surface area contributed by atoms with Crippen molar-refractivity contribution in [1.29, 1.82) is 0 Å². The Morgan fingerprint density at radius 3 is 2.72 bits per heavy atom. The third-order valence-electron chi connectivity index (χ3n) is 5.83. The maximum Gasteiger partial charge on any atom is 0.526 e. The van der Waals surface area contributed by atoms with Crippen LogP contribution in [0, 0.1) is 0 Å². The Bertz CT molecular complexity index is 1070. The lowest BCUT2D eigenvalue weighted by atomic mass is 9.64. The zero-order valence-electron chi connectivity index (χ0n) is 17.2. The van der Waals surface area contributed by atoms with Gasteiger partial charge in [-0.1, -0.05) is 17.3 Å². The average molecular weight is 458 g/mol. The third-order valence-corrected chi connectivity index (χ3v) is 6.51. The standard InChI is InChI=1S/C20H23BN4O6S/c22-20-23-14(10-32-20)17(24-30)15(26)8-13-7-11-3-4-12(9-25-5-1-2-6-25)16(19(27)28)18(11)31-21(13)29/h3-4,10,13,29-30H,1-2,5-9H2,(H2,22,23)(H,27,28)/b24-17-/t13-/m1/s1. The topological polar surface area (TPSA) is 159 Å². The fourth-order valence-corrected chi connectivity index (χ4v) is 4.81. The second kappa shape index (κ2) is 9.27. The first-order valence-electron chi connectivity index (χ1n) is 10.3. The number of nitrogens with two attached hydrogens (primary N) is 1. The lowest BCUT2D eigenvalue weighted by Gasteiger charge is -2.29. The van der Waals surface area contributed by atoms with Gasteiger partial charge in [0.1, 0.15) is 17.0 Å². The summed E-state index contributed by atoms with van der Waals surface area (Å²) in [5.41, 5.74) is 6.78. The molecule has 4 rings (SSSR count). The molecule has 1 saturated heterocycles. The number of carboxylic acids is 1. The van der Waals surface area contributed by atoms with Crippen molar-refractivity contribution < 1.29 is 29.6 Å². The number of hydrogen-bond acceptors (Lipinski definition) is 10. The number of hydrogen-bond donors (Lipinski definition) is 4. The number of anilines is 1. The zero-order chi connectivity index (χ0) is 22.8. The van der Waals surface area contributed by atoms with E-state index in [0.29, 0.717) is 17.7 Å². The van der Waals surface area contributed by atoms with E-state index < -0.39 is 24.7 Å². The van der Waals surface area contributed by atoms with E-state index in [-0.39, 0.29) is 40.7 Å². The summed E-state index contributed by atoms with van der Waals surface area (Å²) in [6.07, 6.45) is 2.25. The Kier molecular flexibility index (Phi) is 6.44. The molecule has 10 nitrogen and oxygen atoms in total. The summed E-state index contributed by atoms with van der Waals surface area (Å²) in [6, 6.07) is 3.57. The maximum absolute atomic E-state index is 12.7. The van der Waals surface area contributed by atoms with Gasteiger partial charge in [-0.2, -0.15) is 0 Å². The molecule has 1 aromatic carbocycles. The minimum absolute atomic E-state index is 0.0498. The fraction of sp³-hybridized carbons (Fsp3) is 0.400. The molecule has 32 heavy (non-hydrogen) atoms. The molecule has 0 radical (unpaired) electrons. The number of nitrogen functional groups attached to an aromatic ring is 1. The van der Waals surface area contributed by atoms with Crippen LogP contribution in [0.4, 0.5) is 5.13 Å². The molecule has 2 aliphatic rings. The lowest BCUT2D eigenvalue weighted by molar-refractivity contribution is -0.113. The van der Waals surface area contributed by atoms with Crippen LogP contribution in [0.1, 0.15) is 46.4 Å². The van der Waals surface area contributed by atoms with Crippen LogP contribution in [0.15, 0.2) is 22.7 Å². The second-order valence-corrected chi connectivity index (χ2v) is 8.89. The number of likely N-dealkylation sites (tertiary alicyclic amines) is 1. The second-order valence-electron chi connectivity index (χ2n) is 8.00. The Morgan fingerprint density at radius 1 is 1.34 bits per heavy atom. The molecule has 5 N–H and O–H groups in total. The number of Topliss-reactive ketones (excluding diaryl/α,β-unsaturated/α-hetero) is 1. The predicted molar refractivity (Wildman–Crippen MR) is 118 cm³/mol. The number of oxime groups is 1. The smallest absolute Gasteiger partial charge is 0.526 e. The predicted octanol–water partition coefficient (Wildman–Crippen LogP) is 1.64. The number of carboxylic acid groups (broad SMARTS) is 1. The van der Waals surface area contributed by atoms with Crippen LogP contribution in [0.5, 0.6) is 5.75 Å². The summed E-state index contributed by atoms with van der Waals surface area (Å²) in [5, 5.41) is 34.5. The number of fused-ring (bicyclic) bond motifs is 1. The van der Waals surface area contributed by atoms with Crippen molar-refractivity contribution in [1.82, 2.24) is 9.88 Å². The van der Waals surface area contributed by atoms with Crippen LogP contribution in [0.2, 0.25) is 5.82 Å². The molecule has 168 valence electrons. The van der Waals surface area contributed by atoms with E-state index in [4.69, 9.17) is 10.4 Å². The largest absolute Gasteiger partial charge is 0.535 e. The molecule has 1 aromatic heterocycles. The van der Waals surface area contributed by atoms with Crippen LogP contribution >= 0.6 is 11.3 Å². The van der Waals surface area contributed by atoms with Gasteiger partial charge in [0, 0.05) is 24.2 Å². The molecule has 1 fully saturated rings. The summed E-state index contributed by atoms with van der Waals surface area (Å²) in [4.78, 5) is 30.9. The number of carbonyl (C=O) groups is 2. The summed E-state index contributed by atoms with van der Waals surface area (Å²) >= 11 is 1.11. The number of aromatic carboxylic acids is 1. The first-order chi connectivity index (χ1) is 15.4. The van der Waals surface area contributed by atoms with Gasteiger partial charge in [-0.05, 0) is 43.5 Å².